The molecule has 0 saturated carbocycles. The first-order chi connectivity index (χ1) is 29.7. The van der Waals surface area contributed by atoms with E-state index in [4.69, 9.17) is 24.2 Å². The summed E-state index contributed by atoms with van der Waals surface area (Å²) in [5.74, 6) is -0.840. The molecule has 3 aromatic heterocycles. The molecule has 7 rings (SSSR count). The van der Waals surface area contributed by atoms with E-state index in [2.05, 4.69) is 60.3 Å². The Kier molecular flexibility index (Phi) is 14.1. The number of nitrogens with zero attached hydrogens (tertiary/aromatic N) is 6. The van der Waals surface area contributed by atoms with Crippen LogP contribution >= 0.6 is 11.3 Å². The van der Waals surface area contributed by atoms with E-state index in [-0.39, 0.29) is 60.0 Å². The van der Waals surface area contributed by atoms with Gasteiger partial charge in [-0.05, 0) is 87.1 Å². The Balaban J connectivity index is 1.30. The zero-order valence-corrected chi connectivity index (χ0v) is 39.0. The number of hydrazine groups is 1. The highest BCUT2D eigenvalue weighted by Crippen LogP contribution is 2.43. The van der Waals surface area contributed by atoms with Crippen LogP contribution in [0.25, 0.3) is 33.4 Å². The number of benzene rings is 1. The Bertz CT molecular complexity index is 2230. The number of pyridine rings is 1. The van der Waals surface area contributed by atoms with Crippen molar-refractivity contribution in [2.24, 2.45) is 11.3 Å². The number of amides is 4. The van der Waals surface area contributed by atoms with Gasteiger partial charge in [-0.25, -0.2) is 15.2 Å². The molecule has 6 heterocycles. The molecule has 3 aliphatic rings. The summed E-state index contributed by atoms with van der Waals surface area (Å²) in [6, 6.07) is 8.69. The number of likely N-dealkylation sites (N-methyl/N-ethyl adjacent to an activating group) is 1. The normalized spacial score (nSPS) is 22.0. The van der Waals surface area contributed by atoms with E-state index in [1.54, 1.807) is 38.3 Å². The number of nitrogens with one attached hydrogen (secondary N) is 2. The number of rotatable bonds is 10. The van der Waals surface area contributed by atoms with Crippen molar-refractivity contribution >= 4 is 40.1 Å². The van der Waals surface area contributed by atoms with E-state index >= 15 is 0 Å². The zero-order valence-electron chi connectivity index (χ0n) is 38.2. The first-order valence-electron chi connectivity index (χ1n) is 22.2. The maximum Gasteiger partial charge on any atom is 0.320 e. The second kappa shape index (κ2) is 19.1. The number of urea groups is 1. The van der Waals surface area contributed by atoms with Gasteiger partial charge in [-0.2, -0.15) is 0 Å². The second-order valence-electron chi connectivity index (χ2n) is 18.4. The molecule has 336 valence electrons. The molecule has 14 nitrogen and oxygen atoms in total. The number of carbonyl (C=O) groups excluding carboxylic acids is 3. The summed E-state index contributed by atoms with van der Waals surface area (Å²) < 4.78 is 19.9. The molecule has 0 aliphatic carbocycles. The van der Waals surface area contributed by atoms with E-state index in [1.165, 1.54) is 27.2 Å². The van der Waals surface area contributed by atoms with E-state index in [9.17, 15) is 14.4 Å². The molecule has 5 atom stereocenters. The number of likely N-dealkylation sites (tertiary alicyclic amines) is 1. The number of thiazole rings is 1. The maximum atomic E-state index is 14.7. The van der Waals surface area contributed by atoms with Crippen molar-refractivity contribution in [2.75, 3.05) is 48.0 Å². The minimum Gasteiger partial charge on any atom is -0.380 e. The Morgan fingerprint density at radius 2 is 1.87 bits per heavy atom. The topological polar surface area (TPSA) is 143 Å². The van der Waals surface area contributed by atoms with Crippen molar-refractivity contribution in [1.82, 2.24) is 40.1 Å². The number of hydrogen-bond donors (Lipinski definition) is 2. The number of aromatic nitrogens is 3. The highest BCUT2D eigenvalue weighted by atomic mass is 32.1. The molecule has 3 aliphatic heterocycles. The summed E-state index contributed by atoms with van der Waals surface area (Å²) in [6.45, 7) is 15.0. The van der Waals surface area contributed by atoms with Gasteiger partial charge in [-0.15, -0.1) is 11.3 Å². The fourth-order valence-electron chi connectivity index (χ4n) is 9.65. The van der Waals surface area contributed by atoms with Crippen molar-refractivity contribution in [3.05, 3.63) is 58.2 Å². The Labute approximate surface area is 370 Å². The van der Waals surface area contributed by atoms with Gasteiger partial charge in [0.15, 0.2) is 0 Å². The molecule has 62 heavy (non-hydrogen) atoms. The van der Waals surface area contributed by atoms with Crippen LogP contribution in [0.4, 0.5) is 4.79 Å². The molecule has 0 spiro atoms. The number of hydrogen-bond acceptors (Lipinski definition) is 10. The molecule has 0 radical (unpaired) electrons. The van der Waals surface area contributed by atoms with Crippen molar-refractivity contribution in [3.8, 4) is 22.5 Å². The second-order valence-corrected chi connectivity index (χ2v) is 19.3. The Morgan fingerprint density at radius 1 is 1.10 bits per heavy atom. The average molecular weight is 871 g/mol. The van der Waals surface area contributed by atoms with Crippen LogP contribution in [0.2, 0.25) is 0 Å². The number of aryl methyl sites for hydroxylation is 1. The van der Waals surface area contributed by atoms with E-state index in [0.29, 0.717) is 19.6 Å². The predicted octanol–water partition coefficient (Wildman–Crippen LogP) is 6.86. The van der Waals surface area contributed by atoms with Crippen LogP contribution in [0, 0.1) is 11.3 Å². The van der Waals surface area contributed by atoms with Crippen LogP contribution in [-0.2, 0) is 43.2 Å². The van der Waals surface area contributed by atoms with Crippen LogP contribution in [-0.4, -0.2) is 126 Å². The molecule has 0 unspecified atom stereocenters. The van der Waals surface area contributed by atoms with Gasteiger partial charge < -0.3 is 33.9 Å². The van der Waals surface area contributed by atoms with Gasteiger partial charge in [0.1, 0.15) is 12.1 Å². The smallest absolute Gasteiger partial charge is 0.320 e. The summed E-state index contributed by atoms with van der Waals surface area (Å²) in [4.78, 5) is 55.8. The summed E-state index contributed by atoms with van der Waals surface area (Å²) in [5.41, 5.74) is 10.7. The zero-order chi connectivity index (χ0) is 44.5. The molecule has 4 amide bonds. The van der Waals surface area contributed by atoms with Crippen LogP contribution in [0.3, 0.4) is 0 Å². The fraction of sp³-hybridized carbons (Fsp3) is 0.596. The third kappa shape index (κ3) is 9.28. The number of methoxy groups -OCH3 is 3. The Hall–Kier alpha value is -4.41. The predicted molar refractivity (Wildman–Crippen MR) is 243 cm³/mol. The van der Waals surface area contributed by atoms with Gasteiger partial charge in [0.25, 0.3) is 5.91 Å². The van der Waals surface area contributed by atoms with Gasteiger partial charge >= 0.3 is 6.03 Å². The number of carbonyl (C=O) groups is 3. The molecule has 6 bridgehead atoms. The third-order valence-corrected chi connectivity index (χ3v) is 14.1. The largest absolute Gasteiger partial charge is 0.380 e. The van der Waals surface area contributed by atoms with Crippen molar-refractivity contribution in [3.63, 3.8) is 0 Å². The lowest BCUT2D eigenvalue weighted by molar-refractivity contribution is -0.143. The standard InChI is InChI=1S/C47H66N8O6S/c1-11-54-38-17-16-30-22-33(38)34(43(54)32-14-12-20-48-41(32)29(4)59-8)24-47(5,6)19-18-39(61-10)35-15-13-21-55(51-35)45(57)36(23-40-49-37(30)27-62-40)50-44(56)42(28(2)3)52(7)46(58)53-25-31(26-53)60-9/h12,14,16-17,20,22,27-29,31,35-36,39,42,51H,11,13,15,18-19,21,23-26H2,1-10H3,(H,50,56)/t29-,35-,36-,39+,42-/m0/s1. The van der Waals surface area contributed by atoms with E-state index < -0.39 is 12.1 Å². The number of ether oxygens (including phenoxy) is 3. The highest BCUT2D eigenvalue weighted by Gasteiger charge is 2.40. The van der Waals surface area contributed by atoms with Crippen LogP contribution < -0.4 is 10.7 Å². The molecule has 2 N–H and O–H groups in total. The number of fused-ring (bicyclic) bond motifs is 6. The molecule has 1 aromatic carbocycles. The lowest BCUT2D eigenvalue weighted by Crippen LogP contribution is -2.64. The van der Waals surface area contributed by atoms with E-state index in [1.807, 2.05) is 38.4 Å². The summed E-state index contributed by atoms with van der Waals surface area (Å²) in [6.07, 6.45) is 5.78. The van der Waals surface area contributed by atoms with Gasteiger partial charge in [-0.1, -0.05) is 33.8 Å². The lowest BCUT2D eigenvalue weighted by atomic mass is 9.78. The van der Waals surface area contributed by atoms with Gasteiger partial charge in [0.05, 0.1) is 59.5 Å². The van der Waals surface area contributed by atoms with Crippen LogP contribution in [0.15, 0.2) is 41.9 Å². The van der Waals surface area contributed by atoms with Crippen LogP contribution in [0.5, 0.6) is 0 Å². The Morgan fingerprint density at radius 3 is 2.56 bits per heavy atom. The monoisotopic (exact) mass is 870 g/mol. The fourth-order valence-corrected chi connectivity index (χ4v) is 10.5. The van der Waals surface area contributed by atoms with Gasteiger partial charge in [-0.3, -0.25) is 19.6 Å². The SMILES string of the molecule is CCn1c(-c2cccnc2[C@H](C)OC)c2c3cc(ccc31)-c1csc(n1)C[C@H](NC(=O)[C@H](C(C)C)N(C)C(=O)N1CC(OC)C1)C(=O)N1CCC[C@H](N1)[C@H](OC)CCC(C)(C)C2. The summed E-state index contributed by atoms with van der Waals surface area (Å²) in [5, 5.41) is 8.72. The highest BCUT2D eigenvalue weighted by molar-refractivity contribution is 7.10. The molecule has 2 saturated heterocycles. The molecule has 2 fully saturated rings. The third-order valence-electron chi connectivity index (χ3n) is 13.2. The molecule has 4 aromatic rings. The lowest BCUT2D eigenvalue weighted by Gasteiger charge is -2.42. The van der Waals surface area contributed by atoms with Crippen molar-refractivity contribution < 1.29 is 28.6 Å². The first kappa shape index (κ1) is 45.6. The summed E-state index contributed by atoms with van der Waals surface area (Å²) in [7, 11) is 6.77. The van der Waals surface area contributed by atoms with E-state index in [0.717, 1.165) is 77.4 Å². The molecule has 15 heteroatoms. The maximum absolute atomic E-state index is 14.7. The summed E-state index contributed by atoms with van der Waals surface area (Å²) >= 11 is 1.48. The molecular formula is C47H66N8O6S. The van der Waals surface area contributed by atoms with Crippen LogP contribution in [0.1, 0.15) is 89.6 Å². The van der Waals surface area contributed by atoms with Crippen molar-refractivity contribution in [2.45, 2.75) is 123 Å². The van der Waals surface area contributed by atoms with Gasteiger partial charge in [0, 0.05) is 81.5 Å². The quantitative estimate of drug-likeness (QED) is 0.175. The first-order valence-corrected chi connectivity index (χ1v) is 23.1. The van der Waals surface area contributed by atoms with Gasteiger partial charge in [0.2, 0.25) is 5.91 Å². The molecular weight excluding hydrogens is 805 g/mol. The van der Waals surface area contributed by atoms with Crippen molar-refractivity contribution in [1.29, 1.82) is 0 Å². The minimum absolute atomic E-state index is 0.0133. The average Bonchev–Trinajstić information content (AvgIpc) is 3.83. The minimum atomic E-state index is -0.934.